The summed E-state index contributed by atoms with van der Waals surface area (Å²) in [6.07, 6.45) is 2.44. The third-order valence-electron chi connectivity index (χ3n) is 3.47. The van der Waals surface area contributed by atoms with Crippen molar-refractivity contribution in [2.45, 2.75) is 19.3 Å². The van der Waals surface area contributed by atoms with Gasteiger partial charge in [-0.2, -0.15) is 0 Å². The van der Waals surface area contributed by atoms with Crippen LogP contribution in [0.2, 0.25) is 0 Å². The maximum absolute atomic E-state index is 12.3. The summed E-state index contributed by atoms with van der Waals surface area (Å²) in [7, 11) is 1.57. The highest BCUT2D eigenvalue weighted by Gasteiger charge is 2.19. The molecule has 0 saturated heterocycles. The quantitative estimate of drug-likeness (QED) is 0.874. The van der Waals surface area contributed by atoms with Gasteiger partial charge in [-0.1, -0.05) is 0 Å². The number of fused-ring (bicyclic) bond motifs is 1. The summed E-state index contributed by atoms with van der Waals surface area (Å²) >= 11 is 0. The van der Waals surface area contributed by atoms with Crippen molar-refractivity contribution in [3.63, 3.8) is 0 Å². The Morgan fingerprint density at radius 1 is 1.16 bits per heavy atom. The van der Waals surface area contributed by atoms with Crippen LogP contribution in [-0.2, 0) is 12.8 Å². The first-order chi connectivity index (χ1) is 9.20. The molecule has 98 valence electrons. The summed E-state index contributed by atoms with van der Waals surface area (Å²) in [5.74, 6) is 0.689. The first-order valence-corrected chi connectivity index (χ1v) is 6.22. The molecular formula is C14H14N2O3. The third-order valence-corrected chi connectivity index (χ3v) is 3.47. The van der Waals surface area contributed by atoms with Crippen LogP contribution in [0.25, 0.3) is 5.69 Å². The topological polar surface area (TPSA) is 64.1 Å². The number of rotatable bonds is 2. The molecule has 1 aromatic carbocycles. The highest BCUT2D eigenvalue weighted by atomic mass is 16.5. The van der Waals surface area contributed by atoms with Crippen LogP contribution in [0.1, 0.15) is 17.7 Å². The maximum atomic E-state index is 12.3. The van der Waals surface area contributed by atoms with Gasteiger partial charge in [0.05, 0.1) is 12.8 Å². The van der Waals surface area contributed by atoms with Gasteiger partial charge in [0.15, 0.2) is 0 Å². The second-order valence-corrected chi connectivity index (χ2v) is 4.58. The molecular weight excluding hydrogens is 244 g/mol. The maximum Gasteiger partial charge on any atom is 0.333 e. The molecule has 1 aromatic heterocycles. The number of H-pyrrole nitrogens is 1. The van der Waals surface area contributed by atoms with E-state index in [1.54, 1.807) is 31.4 Å². The minimum Gasteiger partial charge on any atom is -0.497 e. The minimum atomic E-state index is -0.379. The zero-order valence-electron chi connectivity index (χ0n) is 10.6. The summed E-state index contributed by atoms with van der Waals surface area (Å²) in [4.78, 5) is 27.2. The molecule has 1 aliphatic rings. The number of aryl methyl sites for hydroxylation is 1. The van der Waals surface area contributed by atoms with Gasteiger partial charge in [-0.3, -0.25) is 4.79 Å². The fourth-order valence-corrected chi connectivity index (χ4v) is 2.50. The molecule has 1 aliphatic carbocycles. The average molecular weight is 258 g/mol. The highest BCUT2D eigenvalue weighted by molar-refractivity contribution is 5.38. The number of nitrogens with one attached hydrogen (secondary N) is 1. The predicted octanol–water partition coefficient (Wildman–Crippen LogP) is 1.02. The largest absolute Gasteiger partial charge is 0.497 e. The summed E-state index contributed by atoms with van der Waals surface area (Å²) in [6, 6.07) is 6.87. The molecule has 3 rings (SSSR count). The molecule has 2 aromatic rings. The number of hydrogen-bond donors (Lipinski definition) is 1. The van der Waals surface area contributed by atoms with Crippen LogP contribution in [0.15, 0.2) is 33.9 Å². The molecule has 5 heteroatoms. The molecule has 1 N–H and O–H groups in total. The molecule has 0 bridgehead atoms. The zero-order chi connectivity index (χ0) is 13.4. The molecule has 0 spiro atoms. The number of aromatic amines is 1. The van der Waals surface area contributed by atoms with Crippen LogP contribution in [0, 0.1) is 0 Å². The molecule has 5 nitrogen and oxygen atoms in total. The lowest BCUT2D eigenvalue weighted by molar-refractivity contribution is 0.414. The number of ether oxygens (including phenoxy) is 1. The average Bonchev–Trinajstić information content (AvgIpc) is 2.88. The minimum absolute atomic E-state index is 0.207. The molecule has 0 radical (unpaired) electrons. The van der Waals surface area contributed by atoms with Gasteiger partial charge in [-0.25, -0.2) is 9.36 Å². The van der Waals surface area contributed by atoms with Crippen LogP contribution in [0.5, 0.6) is 5.75 Å². The van der Waals surface area contributed by atoms with Gasteiger partial charge in [0.2, 0.25) is 0 Å². The Hall–Kier alpha value is -2.30. The van der Waals surface area contributed by atoms with Gasteiger partial charge in [0.1, 0.15) is 5.75 Å². The smallest absolute Gasteiger partial charge is 0.333 e. The van der Waals surface area contributed by atoms with E-state index in [0.717, 1.165) is 30.5 Å². The second kappa shape index (κ2) is 4.42. The fourth-order valence-electron chi connectivity index (χ4n) is 2.50. The van der Waals surface area contributed by atoms with Crippen molar-refractivity contribution >= 4 is 0 Å². The number of nitrogens with zero attached hydrogens (tertiary/aromatic N) is 1. The van der Waals surface area contributed by atoms with Crippen molar-refractivity contribution in [2.75, 3.05) is 7.11 Å². The summed E-state index contributed by atoms with van der Waals surface area (Å²) in [6.45, 7) is 0. The lowest BCUT2D eigenvalue weighted by atomic mass is 10.2. The summed E-state index contributed by atoms with van der Waals surface area (Å²) in [5, 5.41) is 0. The summed E-state index contributed by atoms with van der Waals surface area (Å²) in [5.41, 5.74) is 1.49. The van der Waals surface area contributed by atoms with Crippen LogP contribution < -0.4 is 16.0 Å². The molecule has 0 aliphatic heterocycles. The molecule has 0 unspecified atom stereocenters. The van der Waals surface area contributed by atoms with Gasteiger partial charge in [-0.05, 0) is 43.5 Å². The third kappa shape index (κ3) is 1.87. The van der Waals surface area contributed by atoms with E-state index in [1.807, 2.05) is 0 Å². The molecule has 0 fully saturated rings. The van der Waals surface area contributed by atoms with Gasteiger partial charge < -0.3 is 9.72 Å². The van der Waals surface area contributed by atoms with E-state index in [1.165, 1.54) is 4.57 Å². The molecule has 19 heavy (non-hydrogen) atoms. The summed E-state index contributed by atoms with van der Waals surface area (Å²) < 4.78 is 6.25. The fraction of sp³-hybridized carbons (Fsp3) is 0.286. The van der Waals surface area contributed by atoms with Crippen LogP contribution >= 0.6 is 0 Å². The Bertz CT molecular complexity index is 726. The van der Waals surface area contributed by atoms with Crippen molar-refractivity contribution in [1.29, 1.82) is 0 Å². The van der Waals surface area contributed by atoms with E-state index in [0.29, 0.717) is 11.4 Å². The lowest BCUT2D eigenvalue weighted by Crippen LogP contribution is -2.36. The monoisotopic (exact) mass is 258 g/mol. The molecule has 1 heterocycles. The van der Waals surface area contributed by atoms with Crippen molar-refractivity contribution < 1.29 is 4.74 Å². The second-order valence-electron chi connectivity index (χ2n) is 4.58. The predicted molar refractivity (Wildman–Crippen MR) is 71.2 cm³/mol. The van der Waals surface area contributed by atoms with E-state index >= 15 is 0 Å². The van der Waals surface area contributed by atoms with E-state index in [2.05, 4.69) is 4.98 Å². The number of aromatic nitrogens is 2. The first-order valence-electron chi connectivity index (χ1n) is 6.22. The van der Waals surface area contributed by atoms with E-state index in [4.69, 9.17) is 4.74 Å². The van der Waals surface area contributed by atoms with E-state index in [-0.39, 0.29) is 11.2 Å². The SMILES string of the molecule is COc1ccc(-n2c(=O)[nH]c3c(c2=O)CCC3)cc1. The Balaban J connectivity index is 2.20. The van der Waals surface area contributed by atoms with Crippen LogP contribution in [0.4, 0.5) is 0 Å². The Morgan fingerprint density at radius 3 is 2.58 bits per heavy atom. The Labute approximate surface area is 109 Å². The Morgan fingerprint density at radius 2 is 1.89 bits per heavy atom. The van der Waals surface area contributed by atoms with E-state index in [9.17, 15) is 9.59 Å². The standard InChI is InChI=1S/C14H14N2O3/c1-19-10-7-5-9(6-8-10)16-13(17)11-3-2-4-12(11)15-14(16)18/h5-8H,2-4H2,1H3,(H,15,18). The van der Waals surface area contributed by atoms with Crippen LogP contribution in [0.3, 0.4) is 0 Å². The normalized spacial score (nSPS) is 13.3. The lowest BCUT2D eigenvalue weighted by Gasteiger charge is -2.08. The van der Waals surface area contributed by atoms with Crippen molar-refractivity contribution in [3.8, 4) is 11.4 Å². The van der Waals surface area contributed by atoms with Gasteiger partial charge in [0, 0.05) is 11.3 Å². The van der Waals surface area contributed by atoms with Gasteiger partial charge >= 0.3 is 5.69 Å². The van der Waals surface area contributed by atoms with Gasteiger partial charge in [0.25, 0.3) is 5.56 Å². The highest BCUT2D eigenvalue weighted by Crippen LogP contribution is 2.16. The van der Waals surface area contributed by atoms with Crippen molar-refractivity contribution in [2.24, 2.45) is 0 Å². The number of methoxy groups -OCH3 is 1. The zero-order valence-corrected chi connectivity index (χ0v) is 10.6. The number of benzene rings is 1. The van der Waals surface area contributed by atoms with Crippen molar-refractivity contribution in [1.82, 2.24) is 9.55 Å². The Kier molecular flexibility index (Phi) is 2.74. The van der Waals surface area contributed by atoms with Crippen molar-refractivity contribution in [3.05, 3.63) is 56.4 Å². The van der Waals surface area contributed by atoms with Crippen LogP contribution in [-0.4, -0.2) is 16.7 Å². The number of hydrogen-bond acceptors (Lipinski definition) is 3. The molecule has 0 atom stereocenters. The molecule has 0 amide bonds. The first kappa shape index (κ1) is 11.8. The molecule has 0 saturated carbocycles. The van der Waals surface area contributed by atoms with E-state index < -0.39 is 0 Å². The van der Waals surface area contributed by atoms with Gasteiger partial charge in [-0.15, -0.1) is 0 Å².